The van der Waals surface area contributed by atoms with Crippen molar-refractivity contribution in [1.82, 2.24) is 0 Å². The second kappa shape index (κ2) is 14.9. The van der Waals surface area contributed by atoms with E-state index in [9.17, 15) is 51.9 Å². The lowest BCUT2D eigenvalue weighted by Crippen LogP contribution is -2.30. The average Bonchev–Trinajstić information content (AvgIpc) is 3.30. The fourth-order valence-corrected chi connectivity index (χ4v) is 11.6. The Morgan fingerprint density at radius 3 is 2.02 bits per heavy atom. The minimum Gasteiger partial charge on any atom is -0.343 e. The Morgan fingerprint density at radius 2 is 1.46 bits per heavy atom. The number of hydrogen-bond acceptors (Lipinski definition) is 9. The predicted octanol–water partition coefficient (Wildman–Crippen LogP) is 5.28. The molecule has 0 unspecified atom stereocenters. The molecular formula is C32H37I2N2O12S4+. The van der Waals surface area contributed by atoms with Crippen LogP contribution in [0.2, 0.25) is 0 Å². The van der Waals surface area contributed by atoms with Crippen LogP contribution >= 0.6 is 45.2 Å². The Labute approximate surface area is 331 Å². The minimum absolute atomic E-state index is 0.135. The third kappa shape index (κ3) is 9.25. The van der Waals surface area contributed by atoms with E-state index in [-0.39, 0.29) is 30.0 Å². The van der Waals surface area contributed by atoms with Gasteiger partial charge in [-0.1, -0.05) is 43.7 Å². The summed E-state index contributed by atoms with van der Waals surface area (Å²) in [5.41, 5.74) is 2.38. The first-order chi connectivity index (χ1) is 23.6. The fourth-order valence-electron chi connectivity index (χ4n) is 6.36. The van der Waals surface area contributed by atoms with Gasteiger partial charge in [0.05, 0.1) is 16.7 Å². The minimum atomic E-state index is -4.55. The molecule has 4 rings (SSSR count). The maximum absolute atomic E-state index is 12.1. The van der Waals surface area contributed by atoms with Gasteiger partial charge in [-0.3, -0.25) is 18.2 Å². The highest BCUT2D eigenvalue weighted by molar-refractivity contribution is 14.1. The largest absolute Gasteiger partial charge is 0.343 e. The Balaban J connectivity index is 1.72. The Bertz CT molecular complexity index is 2450. The normalized spacial score (nSPS) is 18.6. The maximum atomic E-state index is 12.1. The molecule has 284 valence electrons. The smallest absolute Gasteiger partial charge is 0.295 e. The highest BCUT2D eigenvalue weighted by Crippen LogP contribution is 2.49. The molecule has 52 heavy (non-hydrogen) atoms. The second-order valence-electron chi connectivity index (χ2n) is 13.2. The van der Waals surface area contributed by atoms with Crippen LogP contribution in [-0.2, 0) is 51.3 Å². The monoisotopic (exact) mass is 1020 g/mol. The van der Waals surface area contributed by atoms with Crippen LogP contribution in [0.4, 0.5) is 11.4 Å². The average molecular weight is 1020 g/mol. The van der Waals surface area contributed by atoms with E-state index >= 15 is 0 Å². The third-order valence-electron chi connectivity index (χ3n) is 8.80. The summed E-state index contributed by atoms with van der Waals surface area (Å²) in [6.45, 7) is 8.82. The summed E-state index contributed by atoms with van der Waals surface area (Å²) in [5.74, 6) is -1.19. The fraction of sp³-hybridized carbons (Fsp3) is 0.344. The summed E-state index contributed by atoms with van der Waals surface area (Å²) in [4.78, 5) is 1.11. The molecule has 2 aromatic carbocycles. The zero-order valence-corrected chi connectivity index (χ0v) is 36.0. The summed E-state index contributed by atoms with van der Waals surface area (Å²) in [7, 11) is -17.8. The standard InChI is InChI=1S/C32H36I2N2O12S4/c1-20(8-6-10-27-31(2,3)21-18-26(52(46,47)48)22(33)19-24(21)36(27)15-17-50(40,41)42)9-7-11-28-32(4,5)29-23(35(28)14-16-49(37,38)39)12-13-25(30(29)34)51(43,44)45/h6-13,18-19H,14-17H2,1-5H3,(H3-,37,38,39,40,41,42,43,44,45,46,47,48)/p+1/i33+4,34-3. The lowest BCUT2D eigenvalue weighted by Gasteiger charge is -2.26. The SMILES string of the molecule is CC(/C=C/C=C1/N(CCS(=O)(=O)O)c2cc([131I])c(S(=O)(=O)O)cc2C1(C)C)=C\C=C\C1=[N+](CCS(=O)(=O)O)c2ccc(S(=O)(=O)O)c([124I])c2C1(C)C. The van der Waals surface area contributed by atoms with Crippen LogP contribution in [0.25, 0.3) is 0 Å². The van der Waals surface area contributed by atoms with Gasteiger partial charge in [0.25, 0.3) is 40.5 Å². The summed E-state index contributed by atoms with van der Waals surface area (Å²) >= 11 is 3.61. The number of fused-ring (bicyclic) bond motifs is 2. The molecule has 0 saturated carbocycles. The van der Waals surface area contributed by atoms with E-state index < -0.39 is 62.8 Å². The quantitative estimate of drug-likeness (QED) is 0.0921. The van der Waals surface area contributed by atoms with E-state index in [4.69, 9.17) is 0 Å². The topological polar surface area (TPSA) is 224 Å². The van der Waals surface area contributed by atoms with E-state index in [1.54, 1.807) is 75.4 Å². The van der Waals surface area contributed by atoms with Crippen LogP contribution in [0.5, 0.6) is 0 Å². The Morgan fingerprint density at radius 1 is 0.865 bits per heavy atom. The van der Waals surface area contributed by atoms with Crippen molar-refractivity contribution in [3.8, 4) is 0 Å². The van der Waals surface area contributed by atoms with Crippen molar-refractivity contribution in [2.45, 2.75) is 55.2 Å². The number of rotatable bonds is 12. The number of hydrogen-bond donors (Lipinski definition) is 4. The predicted molar refractivity (Wildman–Crippen MR) is 214 cm³/mol. The number of anilines is 1. The molecule has 0 atom stereocenters. The van der Waals surface area contributed by atoms with Crippen molar-refractivity contribution in [2.24, 2.45) is 0 Å². The second-order valence-corrected chi connectivity index (χ2v) is 21.4. The van der Waals surface area contributed by atoms with Gasteiger partial charge in [0, 0.05) is 42.6 Å². The summed E-state index contributed by atoms with van der Waals surface area (Å²) < 4.78 is 136. The van der Waals surface area contributed by atoms with E-state index in [0.29, 0.717) is 33.9 Å². The van der Waals surface area contributed by atoms with Gasteiger partial charge in [-0.15, -0.1) is 0 Å². The molecule has 0 spiro atoms. The molecule has 14 nitrogen and oxygen atoms in total. The van der Waals surface area contributed by atoms with Gasteiger partial charge in [-0.05, 0) is 95.8 Å². The molecule has 0 saturated heterocycles. The van der Waals surface area contributed by atoms with Gasteiger partial charge >= 0.3 is 0 Å². The van der Waals surface area contributed by atoms with Crippen molar-refractivity contribution in [3.05, 3.63) is 90.3 Å². The van der Waals surface area contributed by atoms with Gasteiger partial charge in [0.2, 0.25) is 5.69 Å². The summed E-state index contributed by atoms with van der Waals surface area (Å²) in [6, 6.07) is 5.62. The molecule has 0 aromatic heterocycles. The Kier molecular flexibility index (Phi) is 12.2. The molecular weight excluding hydrogens is 987 g/mol. The first-order valence-corrected chi connectivity index (χ1v) is 23.5. The van der Waals surface area contributed by atoms with E-state index in [0.717, 1.165) is 5.57 Å². The molecule has 0 fully saturated rings. The first-order valence-electron chi connectivity index (χ1n) is 15.3. The molecule has 0 amide bonds. The molecule has 2 heterocycles. The molecule has 0 aliphatic carbocycles. The van der Waals surface area contributed by atoms with Crippen LogP contribution in [0.3, 0.4) is 0 Å². The third-order valence-corrected chi connectivity index (χ3v) is 14.7. The van der Waals surface area contributed by atoms with Gasteiger partial charge in [-0.2, -0.15) is 38.2 Å². The van der Waals surface area contributed by atoms with Crippen LogP contribution in [-0.4, -0.2) is 86.8 Å². The lowest BCUT2D eigenvalue weighted by molar-refractivity contribution is -0.432. The number of halogens is 2. The molecule has 2 aliphatic rings. The van der Waals surface area contributed by atoms with Gasteiger partial charge < -0.3 is 4.90 Å². The van der Waals surface area contributed by atoms with E-state index in [2.05, 4.69) is 0 Å². The van der Waals surface area contributed by atoms with Crippen molar-refractivity contribution < 1.29 is 56.5 Å². The van der Waals surface area contributed by atoms with Crippen LogP contribution in [0.1, 0.15) is 45.7 Å². The van der Waals surface area contributed by atoms with Crippen LogP contribution < -0.4 is 4.90 Å². The Hall–Kier alpha value is -2.03. The zero-order chi connectivity index (χ0) is 39.4. The number of allylic oxidation sites excluding steroid dienone is 8. The van der Waals surface area contributed by atoms with Crippen molar-refractivity contribution in [3.63, 3.8) is 0 Å². The first kappa shape index (κ1) is 42.7. The van der Waals surface area contributed by atoms with Crippen molar-refractivity contribution in [1.29, 1.82) is 0 Å². The van der Waals surface area contributed by atoms with Crippen LogP contribution in [0, 0.1) is 7.14 Å². The molecule has 0 radical (unpaired) electrons. The van der Waals surface area contributed by atoms with Crippen molar-refractivity contribution in [2.75, 3.05) is 29.5 Å². The highest BCUT2D eigenvalue weighted by atomic mass is 131. The van der Waals surface area contributed by atoms with E-state index in [1.165, 1.54) is 24.3 Å². The van der Waals surface area contributed by atoms with E-state index in [1.807, 2.05) is 50.3 Å². The number of benzene rings is 2. The molecule has 2 aliphatic heterocycles. The van der Waals surface area contributed by atoms with Crippen molar-refractivity contribution >= 4 is 103 Å². The van der Waals surface area contributed by atoms with Gasteiger partial charge in [0.1, 0.15) is 15.5 Å². The lowest BCUT2D eigenvalue weighted by atomic mass is 9.81. The highest BCUT2D eigenvalue weighted by Gasteiger charge is 2.47. The molecule has 20 heteroatoms. The maximum Gasteiger partial charge on any atom is 0.295 e. The summed E-state index contributed by atoms with van der Waals surface area (Å²) in [6.07, 6.45) is 10.5. The molecule has 2 aromatic rings. The van der Waals surface area contributed by atoms with Gasteiger partial charge in [-0.25, -0.2) is 0 Å². The number of nitrogens with zero attached hydrogens (tertiary/aromatic N) is 2. The van der Waals surface area contributed by atoms with Crippen LogP contribution in [0.15, 0.2) is 81.8 Å². The zero-order valence-electron chi connectivity index (χ0n) is 28.4. The molecule has 4 N–H and O–H groups in total. The summed E-state index contributed by atoms with van der Waals surface area (Å²) in [5, 5.41) is 0. The molecule has 0 bridgehead atoms. The van der Waals surface area contributed by atoms with Gasteiger partial charge in [0.15, 0.2) is 12.3 Å².